The van der Waals surface area contributed by atoms with Gasteiger partial charge in [-0.05, 0) is 37.1 Å². The van der Waals surface area contributed by atoms with Crippen LogP contribution in [0.3, 0.4) is 0 Å². The van der Waals surface area contributed by atoms with Gasteiger partial charge in [0, 0.05) is 73.7 Å². The van der Waals surface area contributed by atoms with Gasteiger partial charge >= 0.3 is 0 Å². The molecule has 2 aromatic rings. The molecule has 2 fully saturated rings. The molecule has 1 aromatic carbocycles. The number of likely N-dealkylation sites (tertiary alicyclic amines) is 2. The predicted octanol–water partition coefficient (Wildman–Crippen LogP) is 3.71. The highest BCUT2D eigenvalue weighted by molar-refractivity contribution is 6.31. The standard InChI is InChI=1S/C26H33ClN4O3/c1-17-6-7-20(12-21(17)27)28-22(32)9-10-29-13-25(4)15-30(16-26(25,5)14-29)24(33)23-18(2)8-11-31(34)19(23)3/h6-8,11-12H,9-10,13-16H2,1-5H3,(H,28,32). The number of nitrogens with zero attached hydrogens (tertiary/aromatic N) is 3. The van der Waals surface area contributed by atoms with Crippen molar-refractivity contribution in [1.29, 1.82) is 0 Å². The third kappa shape index (κ3) is 4.39. The SMILES string of the molecule is Cc1ccc(NC(=O)CCN2CC3(C)CN(C(=O)c4c(C)cc[n+]([O-])c4C)CC3(C)C2)cc1Cl. The number of aromatic nitrogens is 1. The second-order valence-corrected chi connectivity index (χ2v) is 10.9. The molecule has 0 aliphatic carbocycles. The van der Waals surface area contributed by atoms with Crippen LogP contribution in [-0.4, -0.2) is 54.3 Å². The maximum atomic E-state index is 13.4. The van der Waals surface area contributed by atoms with Crippen LogP contribution >= 0.6 is 11.6 Å². The monoisotopic (exact) mass is 484 g/mol. The Morgan fingerprint density at radius 1 is 1.06 bits per heavy atom. The van der Waals surface area contributed by atoms with Crippen molar-refractivity contribution in [2.45, 2.75) is 41.0 Å². The van der Waals surface area contributed by atoms with E-state index in [1.54, 1.807) is 19.1 Å². The first-order chi connectivity index (χ1) is 15.9. The van der Waals surface area contributed by atoms with Gasteiger partial charge in [-0.15, -0.1) is 0 Å². The summed E-state index contributed by atoms with van der Waals surface area (Å²) in [5.41, 5.74) is 3.31. The number of aryl methyl sites for hydroxylation is 2. The second-order valence-electron chi connectivity index (χ2n) is 10.5. The lowest BCUT2D eigenvalue weighted by Crippen LogP contribution is -2.39. The fourth-order valence-corrected chi connectivity index (χ4v) is 5.69. The van der Waals surface area contributed by atoms with E-state index in [1.165, 1.54) is 6.20 Å². The molecular weight excluding hydrogens is 452 g/mol. The zero-order valence-corrected chi connectivity index (χ0v) is 21.3. The zero-order valence-electron chi connectivity index (χ0n) is 20.6. The number of carbonyl (C=O) groups is 2. The number of fused-ring (bicyclic) bond motifs is 1. The molecule has 8 heteroatoms. The smallest absolute Gasteiger partial charge is 0.260 e. The van der Waals surface area contributed by atoms with Crippen LogP contribution in [0.5, 0.6) is 0 Å². The van der Waals surface area contributed by atoms with Gasteiger partial charge in [0.15, 0.2) is 6.20 Å². The third-order valence-electron chi connectivity index (χ3n) is 7.84. The molecule has 1 aromatic heterocycles. The molecule has 7 nitrogen and oxygen atoms in total. The molecular formula is C26H33ClN4O3. The van der Waals surface area contributed by atoms with E-state index in [2.05, 4.69) is 24.1 Å². The minimum absolute atomic E-state index is 0.0370. The first-order valence-electron chi connectivity index (χ1n) is 11.7. The fourth-order valence-electron chi connectivity index (χ4n) is 5.51. The summed E-state index contributed by atoms with van der Waals surface area (Å²) in [7, 11) is 0. The van der Waals surface area contributed by atoms with Crippen molar-refractivity contribution in [3.63, 3.8) is 0 Å². The van der Waals surface area contributed by atoms with E-state index in [0.717, 1.165) is 28.9 Å². The van der Waals surface area contributed by atoms with Crippen molar-refractivity contribution in [2.75, 3.05) is 38.0 Å². The summed E-state index contributed by atoms with van der Waals surface area (Å²) in [6.07, 6.45) is 1.84. The molecule has 0 bridgehead atoms. The molecule has 34 heavy (non-hydrogen) atoms. The fraction of sp³-hybridized carbons (Fsp3) is 0.500. The van der Waals surface area contributed by atoms with E-state index >= 15 is 0 Å². The Bertz CT molecular complexity index is 1130. The lowest BCUT2D eigenvalue weighted by molar-refractivity contribution is -0.612. The Labute approximate surface area is 206 Å². The number of nitrogens with one attached hydrogen (secondary N) is 1. The summed E-state index contributed by atoms with van der Waals surface area (Å²) < 4.78 is 0.762. The molecule has 3 heterocycles. The van der Waals surface area contributed by atoms with Crippen LogP contribution in [0.1, 0.15) is 47.4 Å². The van der Waals surface area contributed by atoms with E-state index in [0.29, 0.717) is 48.0 Å². The number of amides is 2. The maximum Gasteiger partial charge on any atom is 0.260 e. The van der Waals surface area contributed by atoms with Crippen LogP contribution in [0.25, 0.3) is 0 Å². The van der Waals surface area contributed by atoms with E-state index in [4.69, 9.17) is 11.6 Å². The molecule has 182 valence electrons. The van der Waals surface area contributed by atoms with Gasteiger partial charge in [0.05, 0.1) is 0 Å². The molecule has 2 amide bonds. The van der Waals surface area contributed by atoms with Crippen LogP contribution in [0, 0.1) is 36.8 Å². The largest absolute Gasteiger partial charge is 0.618 e. The van der Waals surface area contributed by atoms with Gasteiger partial charge in [-0.2, -0.15) is 4.73 Å². The summed E-state index contributed by atoms with van der Waals surface area (Å²) in [5, 5.41) is 15.6. The minimum Gasteiger partial charge on any atom is -0.618 e. The third-order valence-corrected chi connectivity index (χ3v) is 8.25. The van der Waals surface area contributed by atoms with Crippen molar-refractivity contribution in [3.8, 4) is 0 Å². The molecule has 2 unspecified atom stereocenters. The van der Waals surface area contributed by atoms with Gasteiger partial charge in [-0.3, -0.25) is 9.59 Å². The lowest BCUT2D eigenvalue weighted by Gasteiger charge is -2.30. The number of carbonyl (C=O) groups excluding carboxylic acids is 2. The molecule has 0 saturated carbocycles. The van der Waals surface area contributed by atoms with Gasteiger partial charge in [0.1, 0.15) is 5.56 Å². The highest BCUT2D eigenvalue weighted by atomic mass is 35.5. The highest BCUT2D eigenvalue weighted by Crippen LogP contribution is 2.51. The summed E-state index contributed by atoms with van der Waals surface area (Å²) in [5.74, 6) is -0.107. The average Bonchev–Trinajstić information content (AvgIpc) is 3.16. The highest BCUT2D eigenvalue weighted by Gasteiger charge is 2.58. The van der Waals surface area contributed by atoms with Crippen molar-refractivity contribution < 1.29 is 14.3 Å². The number of benzene rings is 1. The lowest BCUT2D eigenvalue weighted by atomic mass is 9.71. The van der Waals surface area contributed by atoms with Gasteiger partial charge in [-0.25, -0.2) is 0 Å². The van der Waals surface area contributed by atoms with Crippen molar-refractivity contribution >= 4 is 29.1 Å². The van der Waals surface area contributed by atoms with Crippen LogP contribution < -0.4 is 10.0 Å². The quantitative estimate of drug-likeness (QED) is 0.518. The Morgan fingerprint density at radius 3 is 2.32 bits per heavy atom. The minimum atomic E-state index is -0.0757. The number of halogens is 1. The molecule has 0 radical (unpaired) electrons. The Morgan fingerprint density at radius 2 is 1.71 bits per heavy atom. The second kappa shape index (κ2) is 8.86. The van der Waals surface area contributed by atoms with E-state index < -0.39 is 0 Å². The first-order valence-corrected chi connectivity index (χ1v) is 12.1. The molecule has 2 aliphatic rings. The molecule has 1 N–H and O–H groups in total. The van der Waals surface area contributed by atoms with Crippen LogP contribution in [-0.2, 0) is 4.79 Å². The van der Waals surface area contributed by atoms with E-state index in [-0.39, 0.29) is 22.6 Å². The number of hydrogen-bond acceptors (Lipinski definition) is 4. The number of anilines is 1. The summed E-state index contributed by atoms with van der Waals surface area (Å²) in [6.45, 7) is 13.5. The number of rotatable bonds is 5. The average molecular weight is 485 g/mol. The molecule has 2 atom stereocenters. The first kappa shape index (κ1) is 24.5. The van der Waals surface area contributed by atoms with Gasteiger partial charge in [-0.1, -0.05) is 31.5 Å². The number of hydrogen-bond donors (Lipinski definition) is 1. The summed E-state index contributed by atoms with van der Waals surface area (Å²) in [6, 6.07) is 7.22. The maximum absolute atomic E-state index is 13.4. The van der Waals surface area contributed by atoms with Crippen LogP contribution in [0.4, 0.5) is 5.69 Å². The summed E-state index contributed by atoms with van der Waals surface area (Å²) >= 11 is 6.16. The van der Waals surface area contributed by atoms with Crippen LogP contribution in [0.2, 0.25) is 5.02 Å². The molecule has 4 rings (SSSR count). The normalized spacial score (nSPS) is 24.4. The zero-order chi connectivity index (χ0) is 24.8. The van der Waals surface area contributed by atoms with Crippen molar-refractivity contribution in [3.05, 3.63) is 63.1 Å². The molecule has 0 spiro atoms. The predicted molar refractivity (Wildman–Crippen MR) is 133 cm³/mol. The van der Waals surface area contributed by atoms with Crippen LogP contribution in [0.15, 0.2) is 30.5 Å². The van der Waals surface area contributed by atoms with Gasteiger partial charge < -0.3 is 20.3 Å². The van der Waals surface area contributed by atoms with Gasteiger partial charge in [0.25, 0.3) is 5.91 Å². The Hall–Kier alpha value is -2.64. The topological polar surface area (TPSA) is 79.6 Å². The van der Waals surface area contributed by atoms with Crippen molar-refractivity contribution in [1.82, 2.24) is 9.80 Å². The Kier molecular flexibility index (Phi) is 6.38. The molecule has 2 saturated heterocycles. The van der Waals surface area contributed by atoms with Gasteiger partial charge in [0.2, 0.25) is 11.6 Å². The Balaban J connectivity index is 1.37. The number of pyridine rings is 1. The van der Waals surface area contributed by atoms with E-state index in [9.17, 15) is 14.8 Å². The molecule has 2 aliphatic heterocycles. The summed E-state index contributed by atoms with van der Waals surface area (Å²) in [4.78, 5) is 30.1. The van der Waals surface area contributed by atoms with E-state index in [1.807, 2.05) is 30.9 Å². The van der Waals surface area contributed by atoms with Crippen molar-refractivity contribution in [2.24, 2.45) is 10.8 Å².